The van der Waals surface area contributed by atoms with E-state index in [4.69, 9.17) is 0 Å². The number of benzene rings is 1. The number of aryl methyl sites for hydroxylation is 1. The largest absolute Gasteiger partial charge is 0.313 e. The lowest BCUT2D eigenvalue weighted by Gasteiger charge is -2.37. The number of likely N-dealkylation sites (N-methyl/N-ethyl adjacent to an activating group) is 1. The van der Waals surface area contributed by atoms with Crippen molar-refractivity contribution in [1.82, 2.24) is 10.2 Å². The van der Waals surface area contributed by atoms with Crippen LogP contribution >= 0.6 is 0 Å². The zero-order valence-electron chi connectivity index (χ0n) is 12.9. The maximum atomic E-state index is 3.74. The summed E-state index contributed by atoms with van der Waals surface area (Å²) in [4.78, 5) is 2.63. The van der Waals surface area contributed by atoms with Crippen molar-refractivity contribution in [2.75, 3.05) is 19.6 Å². The third-order valence-corrected chi connectivity index (χ3v) is 5.07. The minimum Gasteiger partial charge on any atom is -0.313 e. The van der Waals surface area contributed by atoms with E-state index in [-0.39, 0.29) is 0 Å². The summed E-state index contributed by atoms with van der Waals surface area (Å²) in [5, 5.41) is 3.74. The molecule has 20 heavy (non-hydrogen) atoms. The number of nitrogens with zero attached hydrogens (tertiary/aromatic N) is 1. The standard InChI is InChI=1S/C18H28N2/c1-3-20(17-8-9-17)11-10-19-16-12-15(13-16)18-7-5-4-6-14(18)2/h4-7,15-17,19H,3,8-13H2,1-2H3. The van der Waals surface area contributed by atoms with Crippen molar-refractivity contribution in [2.24, 2.45) is 0 Å². The molecule has 0 heterocycles. The second-order valence-electron chi connectivity index (χ2n) is 6.54. The molecule has 1 aromatic rings. The van der Waals surface area contributed by atoms with E-state index in [0.29, 0.717) is 0 Å². The SMILES string of the molecule is CCN(CCNC1CC(c2ccccc2C)C1)C1CC1. The lowest BCUT2D eigenvalue weighted by atomic mass is 9.74. The van der Waals surface area contributed by atoms with E-state index in [9.17, 15) is 0 Å². The molecule has 0 unspecified atom stereocenters. The van der Waals surface area contributed by atoms with Crippen LogP contribution in [0.15, 0.2) is 24.3 Å². The van der Waals surface area contributed by atoms with Crippen molar-refractivity contribution in [3.05, 3.63) is 35.4 Å². The van der Waals surface area contributed by atoms with E-state index in [1.165, 1.54) is 44.3 Å². The van der Waals surface area contributed by atoms with Crippen LogP contribution in [0.1, 0.15) is 49.7 Å². The Morgan fingerprint density at radius 3 is 2.60 bits per heavy atom. The highest BCUT2D eigenvalue weighted by Crippen LogP contribution is 2.38. The average Bonchev–Trinajstić information content (AvgIpc) is 3.22. The highest BCUT2D eigenvalue weighted by atomic mass is 15.2. The van der Waals surface area contributed by atoms with E-state index in [1.807, 2.05) is 0 Å². The summed E-state index contributed by atoms with van der Waals surface area (Å²) in [6.45, 7) is 8.13. The number of nitrogens with one attached hydrogen (secondary N) is 1. The minimum atomic E-state index is 0.748. The lowest BCUT2D eigenvalue weighted by Crippen LogP contribution is -2.44. The molecule has 2 aliphatic carbocycles. The highest BCUT2D eigenvalue weighted by Gasteiger charge is 2.31. The molecule has 0 atom stereocenters. The van der Waals surface area contributed by atoms with E-state index < -0.39 is 0 Å². The molecule has 0 spiro atoms. The van der Waals surface area contributed by atoms with Crippen LogP contribution in [0, 0.1) is 6.92 Å². The van der Waals surface area contributed by atoms with Gasteiger partial charge in [-0.1, -0.05) is 31.2 Å². The fraction of sp³-hybridized carbons (Fsp3) is 0.667. The van der Waals surface area contributed by atoms with E-state index in [1.54, 1.807) is 5.56 Å². The van der Waals surface area contributed by atoms with Crippen LogP contribution in [0.2, 0.25) is 0 Å². The molecular weight excluding hydrogens is 244 g/mol. The Bertz CT molecular complexity index is 433. The molecule has 0 aromatic heterocycles. The molecule has 2 fully saturated rings. The Morgan fingerprint density at radius 2 is 1.95 bits per heavy atom. The van der Waals surface area contributed by atoms with Gasteiger partial charge in [0.25, 0.3) is 0 Å². The molecule has 110 valence electrons. The summed E-state index contributed by atoms with van der Waals surface area (Å²) in [7, 11) is 0. The Hall–Kier alpha value is -0.860. The van der Waals surface area contributed by atoms with Gasteiger partial charge in [0.2, 0.25) is 0 Å². The first-order valence-corrected chi connectivity index (χ1v) is 8.31. The smallest absolute Gasteiger partial charge is 0.0110 e. The van der Waals surface area contributed by atoms with Crippen molar-refractivity contribution in [1.29, 1.82) is 0 Å². The van der Waals surface area contributed by atoms with Gasteiger partial charge in [-0.25, -0.2) is 0 Å². The zero-order valence-corrected chi connectivity index (χ0v) is 12.9. The maximum absolute atomic E-state index is 3.74. The van der Waals surface area contributed by atoms with Crippen molar-refractivity contribution in [3.8, 4) is 0 Å². The minimum absolute atomic E-state index is 0.748. The zero-order chi connectivity index (χ0) is 13.9. The summed E-state index contributed by atoms with van der Waals surface area (Å²) >= 11 is 0. The van der Waals surface area contributed by atoms with Crippen LogP contribution in [0.5, 0.6) is 0 Å². The van der Waals surface area contributed by atoms with Gasteiger partial charge < -0.3 is 5.32 Å². The van der Waals surface area contributed by atoms with Crippen molar-refractivity contribution in [2.45, 2.75) is 57.5 Å². The fourth-order valence-corrected chi connectivity index (χ4v) is 3.53. The first-order chi connectivity index (χ1) is 9.78. The van der Waals surface area contributed by atoms with E-state index >= 15 is 0 Å². The van der Waals surface area contributed by atoms with Gasteiger partial charge in [-0.05, 0) is 56.2 Å². The summed E-state index contributed by atoms with van der Waals surface area (Å²) < 4.78 is 0. The molecule has 3 rings (SSSR count). The summed E-state index contributed by atoms with van der Waals surface area (Å²) in [5.41, 5.74) is 3.03. The predicted molar refractivity (Wildman–Crippen MR) is 85.2 cm³/mol. The predicted octanol–water partition coefficient (Wildman–Crippen LogP) is 3.31. The molecule has 0 amide bonds. The molecule has 0 saturated heterocycles. The Labute approximate surface area is 123 Å². The molecule has 1 N–H and O–H groups in total. The van der Waals surface area contributed by atoms with Gasteiger partial charge in [0.1, 0.15) is 0 Å². The summed E-state index contributed by atoms with van der Waals surface area (Å²) in [6.07, 6.45) is 5.49. The second kappa shape index (κ2) is 6.28. The third-order valence-electron chi connectivity index (χ3n) is 5.07. The maximum Gasteiger partial charge on any atom is 0.0110 e. The van der Waals surface area contributed by atoms with E-state index in [2.05, 4.69) is 48.3 Å². The molecule has 2 heteroatoms. The normalized spacial score (nSPS) is 25.8. The number of hydrogen-bond acceptors (Lipinski definition) is 2. The van der Waals surface area contributed by atoms with Crippen molar-refractivity contribution < 1.29 is 0 Å². The van der Waals surface area contributed by atoms with E-state index in [0.717, 1.165) is 24.5 Å². The lowest BCUT2D eigenvalue weighted by molar-refractivity contribution is 0.243. The molecule has 2 saturated carbocycles. The van der Waals surface area contributed by atoms with Gasteiger partial charge in [0.15, 0.2) is 0 Å². The molecule has 0 bridgehead atoms. The summed E-state index contributed by atoms with van der Waals surface area (Å²) in [5.74, 6) is 0.791. The van der Waals surface area contributed by atoms with Crippen LogP contribution in [-0.2, 0) is 0 Å². The fourth-order valence-electron chi connectivity index (χ4n) is 3.53. The first kappa shape index (κ1) is 14.1. The van der Waals surface area contributed by atoms with Crippen LogP contribution < -0.4 is 5.32 Å². The Kier molecular flexibility index (Phi) is 4.42. The molecule has 2 aliphatic rings. The summed E-state index contributed by atoms with van der Waals surface area (Å²) in [6, 6.07) is 10.5. The topological polar surface area (TPSA) is 15.3 Å². The van der Waals surface area contributed by atoms with Crippen molar-refractivity contribution in [3.63, 3.8) is 0 Å². The monoisotopic (exact) mass is 272 g/mol. The number of hydrogen-bond donors (Lipinski definition) is 1. The number of rotatable bonds is 7. The average molecular weight is 272 g/mol. The molecule has 1 aromatic carbocycles. The molecule has 0 radical (unpaired) electrons. The van der Waals surface area contributed by atoms with Gasteiger partial charge in [0, 0.05) is 25.2 Å². The van der Waals surface area contributed by atoms with Gasteiger partial charge >= 0.3 is 0 Å². The van der Waals surface area contributed by atoms with Crippen LogP contribution in [0.25, 0.3) is 0 Å². The first-order valence-electron chi connectivity index (χ1n) is 8.31. The quantitative estimate of drug-likeness (QED) is 0.819. The van der Waals surface area contributed by atoms with Crippen LogP contribution in [0.3, 0.4) is 0 Å². The van der Waals surface area contributed by atoms with Crippen LogP contribution in [0.4, 0.5) is 0 Å². The molecule has 0 aliphatic heterocycles. The van der Waals surface area contributed by atoms with Gasteiger partial charge in [-0.3, -0.25) is 4.90 Å². The highest BCUT2D eigenvalue weighted by molar-refractivity contribution is 5.31. The van der Waals surface area contributed by atoms with Gasteiger partial charge in [-0.15, -0.1) is 0 Å². The second-order valence-corrected chi connectivity index (χ2v) is 6.54. The van der Waals surface area contributed by atoms with Gasteiger partial charge in [0.05, 0.1) is 0 Å². The van der Waals surface area contributed by atoms with Crippen molar-refractivity contribution >= 4 is 0 Å². The molecule has 2 nitrogen and oxygen atoms in total. The Balaban J connectivity index is 1.37. The van der Waals surface area contributed by atoms with Gasteiger partial charge in [-0.2, -0.15) is 0 Å². The molecular formula is C18H28N2. The third kappa shape index (κ3) is 3.24. The van der Waals surface area contributed by atoms with Crippen LogP contribution in [-0.4, -0.2) is 36.6 Å². The Morgan fingerprint density at radius 1 is 1.20 bits per heavy atom.